The van der Waals surface area contributed by atoms with Crippen molar-refractivity contribution < 1.29 is 4.74 Å². The highest BCUT2D eigenvalue weighted by atomic mass is 35.5. The Hall–Kier alpha value is -1.47. The van der Waals surface area contributed by atoms with Crippen LogP contribution in [0.5, 0.6) is 11.5 Å². The first-order chi connectivity index (χ1) is 8.19. The van der Waals surface area contributed by atoms with Gasteiger partial charge in [0.1, 0.15) is 11.5 Å². The smallest absolute Gasteiger partial charge is 0.131 e. The predicted octanol–water partition coefficient (Wildman–Crippen LogP) is 4.83. The number of ether oxygens (including phenoxy) is 1. The van der Waals surface area contributed by atoms with Crippen LogP contribution in [0.4, 0.5) is 0 Å². The zero-order valence-corrected chi connectivity index (χ0v) is 10.8. The standard InChI is InChI=1S/C15H15ClO/c1-11-7-12(2)9-14(8-11)17-15-6-4-3-5-13(15)10-16/h3-9H,10H2,1-2H3. The molecule has 0 saturated heterocycles. The van der Waals surface area contributed by atoms with Crippen LogP contribution >= 0.6 is 11.6 Å². The van der Waals surface area contributed by atoms with Crippen molar-refractivity contribution in [2.75, 3.05) is 0 Å². The van der Waals surface area contributed by atoms with Crippen molar-refractivity contribution >= 4 is 11.6 Å². The van der Waals surface area contributed by atoms with Gasteiger partial charge in [0.15, 0.2) is 0 Å². The van der Waals surface area contributed by atoms with Gasteiger partial charge in [-0.2, -0.15) is 0 Å². The van der Waals surface area contributed by atoms with Crippen LogP contribution in [0.15, 0.2) is 42.5 Å². The van der Waals surface area contributed by atoms with E-state index < -0.39 is 0 Å². The number of hydrogen-bond acceptors (Lipinski definition) is 1. The molecule has 0 heterocycles. The van der Waals surface area contributed by atoms with Crippen molar-refractivity contribution in [2.45, 2.75) is 19.7 Å². The second kappa shape index (κ2) is 5.24. The van der Waals surface area contributed by atoms with Crippen LogP contribution < -0.4 is 4.74 Å². The SMILES string of the molecule is Cc1cc(C)cc(Oc2ccccc2CCl)c1. The van der Waals surface area contributed by atoms with Crippen LogP contribution in [-0.4, -0.2) is 0 Å². The maximum absolute atomic E-state index is 5.88. The van der Waals surface area contributed by atoms with Crippen LogP contribution in [0, 0.1) is 13.8 Å². The molecule has 2 rings (SSSR count). The fraction of sp³-hybridized carbons (Fsp3) is 0.200. The van der Waals surface area contributed by atoms with Crippen molar-refractivity contribution in [3.05, 3.63) is 59.2 Å². The first-order valence-corrected chi connectivity index (χ1v) is 6.12. The minimum Gasteiger partial charge on any atom is -0.457 e. The number of benzene rings is 2. The molecule has 88 valence electrons. The third-order valence-corrected chi connectivity index (χ3v) is 2.83. The molecule has 0 amide bonds. The molecule has 0 bridgehead atoms. The lowest BCUT2D eigenvalue weighted by atomic mass is 10.1. The molecule has 0 radical (unpaired) electrons. The fourth-order valence-electron chi connectivity index (χ4n) is 1.83. The van der Waals surface area contributed by atoms with Crippen LogP contribution in [-0.2, 0) is 5.88 Å². The predicted molar refractivity (Wildman–Crippen MR) is 72.0 cm³/mol. The van der Waals surface area contributed by atoms with E-state index in [9.17, 15) is 0 Å². The molecule has 0 aliphatic carbocycles. The minimum atomic E-state index is 0.459. The summed E-state index contributed by atoms with van der Waals surface area (Å²) in [5.74, 6) is 2.15. The Morgan fingerprint density at radius 3 is 2.29 bits per heavy atom. The van der Waals surface area contributed by atoms with Crippen LogP contribution in [0.25, 0.3) is 0 Å². The molecule has 0 aliphatic heterocycles. The molecule has 0 aliphatic rings. The Bertz CT molecular complexity index is 500. The van der Waals surface area contributed by atoms with E-state index in [4.69, 9.17) is 16.3 Å². The third kappa shape index (κ3) is 3.01. The molecular weight excluding hydrogens is 232 g/mol. The number of alkyl halides is 1. The van der Waals surface area contributed by atoms with E-state index in [0.29, 0.717) is 5.88 Å². The van der Waals surface area contributed by atoms with Crippen LogP contribution in [0.1, 0.15) is 16.7 Å². The summed E-state index contributed by atoms with van der Waals surface area (Å²) >= 11 is 5.88. The van der Waals surface area contributed by atoms with Crippen LogP contribution in [0.3, 0.4) is 0 Å². The largest absolute Gasteiger partial charge is 0.457 e. The molecule has 0 N–H and O–H groups in total. The monoisotopic (exact) mass is 246 g/mol. The number of hydrogen-bond donors (Lipinski definition) is 0. The van der Waals surface area contributed by atoms with E-state index >= 15 is 0 Å². The molecule has 1 nitrogen and oxygen atoms in total. The van der Waals surface area contributed by atoms with E-state index in [1.807, 2.05) is 36.4 Å². The number of para-hydroxylation sites is 1. The average Bonchev–Trinajstić information content (AvgIpc) is 2.28. The fourth-order valence-corrected chi connectivity index (χ4v) is 2.05. The summed E-state index contributed by atoms with van der Waals surface area (Å²) in [7, 11) is 0. The molecule has 17 heavy (non-hydrogen) atoms. The summed E-state index contributed by atoms with van der Waals surface area (Å²) in [6.07, 6.45) is 0. The zero-order valence-electron chi connectivity index (χ0n) is 10.0. The van der Waals surface area contributed by atoms with Gasteiger partial charge in [-0.3, -0.25) is 0 Å². The first-order valence-electron chi connectivity index (χ1n) is 5.59. The molecule has 2 aromatic rings. The van der Waals surface area contributed by atoms with Crippen molar-refractivity contribution in [1.82, 2.24) is 0 Å². The van der Waals surface area contributed by atoms with E-state index in [2.05, 4.69) is 19.9 Å². The lowest BCUT2D eigenvalue weighted by Gasteiger charge is -2.10. The van der Waals surface area contributed by atoms with Gasteiger partial charge in [0.2, 0.25) is 0 Å². The molecule has 0 unspecified atom stereocenters. The van der Waals surface area contributed by atoms with Crippen molar-refractivity contribution in [3.8, 4) is 11.5 Å². The van der Waals surface area contributed by atoms with E-state index in [0.717, 1.165) is 17.1 Å². The second-order valence-electron chi connectivity index (χ2n) is 4.17. The van der Waals surface area contributed by atoms with Crippen molar-refractivity contribution in [2.24, 2.45) is 0 Å². The molecule has 0 atom stereocenters. The molecule has 2 aromatic carbocycles. The number of halogens is 1. The lowest BCUT2D eigenvalue weighted by molar-refractivity contribution is 0.477. The Morgan fingerprint density at radius 2 is 1.65 bits per heavy atom. The Morgan fingerprint density at radius 1 is 1.00 bits per heavy atom. The quantitative estimate of drug-likeness (QED) is 0.705. The number of aryl methyl sites for hydroxylation is 2. The normalized spacial score (nSPS) is 10.3. The highest BCUT2D eigenvalue weighted by Crippen LogP contribution is 2.27. The highest BCUT2D eigenvalue weighted by Gasteiger charge is 2.04. The van der Waals surface area contributed by atoms with Crippen molar-refractivity contribution in [3.63, 3.8) is 0 Å². The summed E-state index contributed by atoms with van der Waals surface area (Å²) in [6.45, 7) is 4.13. The minimum absolute atomic E-state index is 0.459. The molecular formula is C15H15ClO. The highest BCUT2D eigenvalue weighted by molar-refractivity contribution is 6.17. The maximum Gasteiger partial charge on any atom is 0.131 e. The Labute approximate surface area is 107 Å². The second-order valence-corrected chi connectivity index (χ2v) is 4.43. The summed E-state index contributed by atoms with van der Waals surface area (Å²) in [4.78, 5) is 0. The van der Waals surface area contributed by atoms with E-state index in [1.165, 1.54) is 11.1 Å². The van der Waals surface area contributed by atoms with Gasteiger partial charge in [-0.05, 0) is 43.2 Å². The molecule has 0 fully saturated rings. The average molecular weight is 247 g/mol. The summed E-state index contributed by atoms with van der Waals surface area (Å²) in [5, 5.41) is 0. The Balaban J connectivity index is 2.31. The van der Waals surface area contributed by atoms with Gasteiger partial charge in [-0.15, -0.1) is 11.6 Å². The van der Waals surface area contributed by atoms with Gasteiger partial charge in [0.05, 0.1) is 5.88 Å². The van der Waals surface area contributed by atoms with E-state index in [1.54, 1.807) is 0 Å². The maximum atomic E-state index is 5.88. The molecule has 0 spiro atoms. The van der Waals surface area contributed by atoms with Gasteiger partial charge in [-0.1, -0.05) is 24.3 Å². The summed E-state index contributed by atoms with van der Waals surface area (Å²) in [6, 6.07) is 14.0. The molecule has 0 saturated carbocycles. The first kappa shape index (κ1) is 12.0. The van der Waals surface area contributed by atoms with Crippen LogP contribution in [0.2, 0.25) is 0 Å². The van der Waals surface area contributed by atoms with E-state index in [-0.39, 0.29) is 0 Å². The lowest BCUT2D eigenvalue weighted by Crippen LogP contribution is -1.90. The summed E-state index contributed by atoms with van der Waals surface area (Å²) in [5.41, 5.74) is 3.40. The third-order valence-electron chi connectivity index (χ3n) is 2.54. The molecule has 2 heteroatoms. The zero-order chi connectivity index (χ0) is 12.3. The van der Waals surface area contributed by atoms with Gasteiger partial charge < -0.3 is 4.74 Å². The topological polar surface area (TPSA) is 9.23 Å². The van der Waals surface area contributed by atoms with Gasteiger partial charge in [0.25, 0.3) is 0 Å². The molecule has 0 aromatic heterocycles. The van der Waals surface area contributed by atoms with Gasteiger partial charge >= 0.3 is 0 Å². The van der Waals surface area contributed by atoms with Gasteiger partial charge in [0, 0.05) is 5.56 Å². The number of rotatable bonds is 3. The Kier molecular flexibility index (Phi) is 3.70. The van der Waals surface area contributed by atoms with Gasteiger partial charge in [-0.25, -0.2) is 0 Å². The van der Waals surface area contributed by atoms with Crippen molar-refractivity contribution in [1.29, 1.82) is 0 Å². The summed E-state index contributed by atoms with van der Waals surface area (Å²) < 4.78 is 5.88.